The van der Waals surface area contributed by atoms with Gasteiger partial charge in [-0.15, -0.1) is 0 Å². The normalized spacial score (nSPS) is 17.2. The monoisotopic (exact) mass is 899 g/mol. The van der Waals surface area contributed by atoms with E-state index in [1.54, 1.807) is 0 Å². The van der Waals surface area contributed by atoms with Gasteiger partial charge >= 0.3 is 321 Å². The molecule has 0 spiro atoms. The van der Waals surface area contributed by atoms with Gasteiger partial charge in [0.05, 0.1) is 0 Å². The van der Waals surface area contributed by atoms with E-state index in [1.807, 2.05) is 0 Å². The first-order chi connectivity index (χ1) is 24.7. The number of rotatable bonds is 13. The van der Waals surface area contributed by atoms with Crippen molar-refractivity contribution in [2.45, 2.75) is 75.6 Å². The third-order valence-electron chi connectivity index (χ3n) is 11.5. The van der Waals surface area contributed by atoms with Crippen molar-refractivity contribution in [1.29, 1.82) is 0 Å². The average molecular weight is 899 g/mol. The van der Waals surface area contributed by atoms with Gasteiger partial charge in [0, 0.05) is 0 Å². The van der Waals surface area contributed by atoms with Gasteiger partial charge in [0.15, 0.2) is 0 Å². The van der Waals surface area contributed by atoms with E-state index in [4.69, 9.17) is 17.2 Å². The van der Waals surface area contributed by atoms with Gasteiger partial charge in [-0.2, -0.15) is 0 Å². The molecule has 2 atom stereocenters. The molecule has 0 aliphatic heterocycles. The molecule has 8 heteroatoms. The van der Waals surface area contributed by atoms with E-state index in [-0.39, 0.29) is 7.35 Å². The molecule has 2 aliphatic rings. The molecule has 2 aliphatic carbocycles. The van der Waals surface area contributed by atoms with Gasteiger partial charge < -0.3 is 0 Å². The molecular formula is C44H50BCl2HfN2O2. The van der Waals surface area contributed by atoms with E-state index < -0.39 is 20.5 Å². The van der Waals surface area contributed by atoms with E-state index >= 15 is 0 Å². The van der Waals surface area contributed by atoms with Crippen LogP contribution in [0.3, 0.4) is 0 Å². The fraction of sp³-hybridized carbons (Fsp3) is 0.318. The van der Waals surface area contributed by atoms with Crippen molar-refractivity contribution in [1.82, 2.24) is 10.5 Å². The Morgan fingerprint density at radius 2 is 0.981 bits per heavy atom. The summed E-state index contributed by atoms with van der Waals surface area (Å²) in [5.74, 6) is 0.630. The third-order valence-corrected chi connectivity index (χ3v) is 40.2. The molecular weight excluding hydrogens is 849 g/mol. The first-order valence-electron chi connectivity index (χ1n) is 18.5. The van der Waals surface area contributed by atoms with Crippen LogP contribution in [0.2, 0.25) is 0 Å². The Bertz CT molecular complexity index is 1980. The number of aryl methyl sites for hydroxylation is 2. The molecule has 0 heterocycles. The zero-order valence-electron chi connectivity index (χ0n) is 31.6. The molecule has 4 aromatic rings. The second kappa shape index (κ2) is 14.9. The van der Waals surface area contributed by atoms with Gasteiger partial charge in [-0.05, 0) is 0 Å². The molecule has 269 valence electrons. The van der Waals surface area contributed by atoms with Crippen molar-refractivity contribution in [2.75, 3.05) is 0 Å². The van der Waals surface area contributed by atoms with Gasteiger partial charge in [-0.3, -0.25) is 0 Å². The van der Waals surface area contributed by atoms with Crippen LogP contribution in [0.25, 0.3) is 34.4 Å². The van der Waals surface area contributed by atoms with Crippen LogP contribution in [0.15, 0.2) is 83.9 Å². The van der Waals surface area contributed by atoms with Crippen LogP contribution < -0.4 is 10.5 Å². The van der Waals surface area contributed by atoms with Crippen molar-refractivity contribution in [2.24, 2.45) is 11.8 Å². The van der Waals surface area contributed by atoms with Gasteiger partial charge in [0.1, 0.15) is 0 Å². The molecule has 2 unspecified atom stereocenters. The Balaban J connectivity index is 1.70. The summed E-state index contributed by atoms with van der Waals surface area (Å²) in [6.45, 7) is 17.5. The summed E-state index contributed by atoms with van der Waals surface area (Å²) < 4.78 is -1.71. The predicted molar refractivity (Wildman–Crippen MR) is 219 cm³/mol. The number of halogens is 2. The predicted octanol–water partition coefficient (Wildman–Crippen LogP) is 11.4. The second-order valence-corrected chi connectivity index (χ2v) is 46.3. The van der Waals surface area contributed by atoms with Gasteiger partial charge in [-0.25, -0.2) is 0 Å². The van der Waals surface area contributed by atoms with Crippen LogP contribution in [0.4, 0.5) is 0 Å². The van der Waals surface area contributed by atoms with Crippen molar-refractivity contribution in [3.63, 3.8) is 0 Å². The topological polar surface area (TPSA) is 58.2 Å². The average Bonchev–Trinajstić information content (AvgIpc) is 3.65. The zero-order chi connectivity index (χ0) is 37.6. The molecule has 0 fully saturated rings. The Morgan fingerprint density at radius 1 is 0.615 bits per heavy atom. The summed E-state index contributed by atoms with van der Waals surface area (Å²) in [5.41, 5.74) is 16.3. The molecule has 0 aromatic heterocycles. The molecule has 0 saturated carbocycles. The summed E-state index contributed by atoms with van der Waals surface area (Å²) in [5, 5.41) is 6.02. The van der Waals surface area contributed by atoms with Crippen LogP contribution >= 0.6 is 17.2 Å². The number of allylic oxidation sites excluding steroid dienone is 2. The fourth-order valence-electron chi connectivity index (χ4n) is 9.09. The number of fused-ring (bicyclic) bond motifs is 2. The van der Waals surface area contributed by atoms with Gasteiger partial charge in [-0.1, -0.05) is 0 Å². The summed E-state index contributed by atoms with van der Waals surface area (Å²) in [7, 11) is 17.4. The summed E-state index contributed by atoms with van der Waals surface area (Å²) in [6.07, 6.45) is 7.49. The van der Waals surface area contributed by atoms with E-state index in [0.717, 1.165) is 57.4 Å². The maximum atomic E-state index is 12.6. The number of carbonyl (C=O) groups excluding carboxylic acids is 2. The summed E-state index contributed by atoms with van der Waals surface area (Å²) in [4.78, 5) is 25.1. The SMILES string of the molecule is Cc1cccc(-c2cccc3c2C=C(CC(C)C)[CH]3[Hf]([Cl])([Cl])([B](NC=O)NC=O)[CH]2C(CC(C)C)=Cc3c(-c4cccc(C)c4C)cccc32)c1C. The van der Waals surface area contributed by atoms with E-state index in [1.165, 1.54) is 33.4 Å². The van der Waals surface area contributed by atoms with Gasteiger partial charge in [0.2, 0.25) is 0 Å². The van der Waals surface area contributed by atoms with Crippen LogP contribution in [0, 0.1) is 39.5 Å². The first-order valence-corrected chi connectivity index (χ1v) is 33.6. The van der Waals surface area contributed by atoms with Crippen molar-refractivity contribution in [3.8, 4) is 22.3 Å². The molecule has 2 amide bonds. The standard InChI is InChI=1S/2C21H23.C2H3BN2O2.2ClH.Hf/c2*1-14(2)11-17-12-18-8-6-10-20(21(18)13-17)19-9-5-7-15(3)16(19)4;6-1-4-3-5-2-7;;;/h2*5-10,12-14H,11H2,1-4H3;1-2H,(H-,4,5,6,7);2*1H;/q;;;;;+1/p-1. The van der Waals surface area contributed by atoms with Crippen molar-refractivity contribution in [3.05, 3.63) is 128 Å². The zero-order valence-corrected chi connectivity index (χ0v) is 36.7. The second-order valence-electron chi connectivity index (χ2n) is 15.8. The third kappa shape index (κ3) is 6.51. The summed E-state index contributed by atoms with van der Waals surface area (Å²) in [6, 6.07) is 25.8. The van der Waals surface area contributed by atoms with Crippen LogP contribution in [-0.4, -0.2) is 17.4 Å². The molecule has 4 nitrogen and oxygen atoms in total. The summed E-state index contributed by atoms with van der Waals surface area (Å²) >= 11 is -6.06. The molecule has 52 heavy (non-hydrogen) atoms. The minimum atomic E-state index is -6.06. The number of hydrogen-bond acceptors (Lipinski definition) is 2. The fourth-order valence-corrected chi connectivity index (χ4v) is 38.6. The Hall–Kier alpha value is -3.18. The quantitative estimate of drug-likeness (QED) is 0.104. The Labute approximate surface area is 318 Å². The molecule has 2 N–H and O–H groups in total. The molecule has 0 saturated heterocycles. The number of carbonyl (C=O) groups is 2. The number of amides is 2. The van der Waals surface area contributed by atoms with Crippen molar-refractivity contribution >= 4 is 46.7 Å². The Morgan fingerprint density at radius 3 is 1.35 bits per heavy atom. The molecule has 0 radical (unpaired) electrons. The van der Waals surface area contributed by atoms with Crippen LogP contribution in [0.5, 0.6) is 0 Å². The van der Waals surface area contributed by atoms with Crippen LogP contribution in [0.1, 0.15) is 92.4 Å². The molecule has 4 aromatic carbocycles. The number of benzene rings is 4. The first kappa shape index (κ1) is 38.5. The van der Waals surface area contributed by atoms with Crippen molar-refractivity contribution < 1.29 is 25.5 Å². The minimum absolute atomic E-state index is 0.315. The number of nitrogens with one attached hydrogen (secondary N) is 2. The van der Waals surface area contributed by atoms with Crippen LogP contribution in [-0.2, 0) is 25.5 Å². The van der Waals surface area contributed by atoms with E-state index in [9.17, 15) is 9.59 Å². The maximum absolute atomic E-state index is 12.6. The number of hydrogen-bond donors (Lipinski definition) is 2. The molecule has 0 bridgehead atoms. The van der Waals surface area contributed by atoms with E-state index in [2.05, 4.69) is 151 Å². The molecule has 6 rings (SSSR count). The van der Waals surface area contributed by atoms with E-state index in [0.29, 0.717) is 24.7 Å². The van der Waals surface area contributed by atoms with Gasteiger partial charge in [0.25, 0.3) is 0 Å². The Kier molecular flexibility index (Phi) is 11.1.